The smallest absolute Gasteiger partial charge is 0.0217 e. The van der Waals surface area contributed by atoms with Crippen LogP contribution >= 0.6 is 11.3 Å². The fourth-order valence-corrected chi connectivity index (χ4v) is 3.63. The minimum absolute atomic E-state index is 1.03. The number of aryl methyl sites for hydroxylation is 2. The van der Waals surface area contributed by atoms with Crippen LogP contribution in [0.25, 0.3) is 0 Å². The highest BCUT2D eigenvalue weighted by Gasteiger charge is 2.08. The first kappa shape index (κ1) is 14.0. The summed E-state index contributed by atoms with van der Waals surface area (Å²) in [6.07, 6.45) is 5.64. The Labute approximate surface area is 115 Å². The summed E-state index contributed by atoms with van der Waals surface area (Å²) in [6.45, 7) is 10.4. The van der Waals surface area contributed by atoms with Gasteiger partial charge in [0.1, 0.15) is 0 Å². The molecule has 1 aromatic rings. The van der Waals surface area contributed by atoms with E-state index in [-0.39, 0.29) is 0 Å². The van der Waals surface area contributed by atoms with Crippen LogP contribution < -0.4 is 5.32 Å². The Bertz CT molecular complexity index is 351. The second-order valence-corrected chi connectivity index (χ2v) is 6.83. The SMILES string of the molecule is Cc1cc(CNCCN2CCCCCC2)c(C)s1. The normalized spacial score (nSPS) is 17.9. The molecule has 0 aliphatic carbocycles. The molecule has 1 N–H and O–H groups in total. The number of nitrogens with one attached hydrogen (secondary N) is 1. The third-order valence-electron chi connectivity index (χ3n) is 3.76. The zero-order chi connectivity index (χ0) is 12.8. The third-order valence-corrected chi connectivity index (χ3v) is 4.77. The highest BCUT2D eigenvalue weighted by atomic mass is 32.1. The highest BCUT2D eigenvalue weighted by molar-refractivity contribution is 7.12. The maximum Gasteiger partial charge on any atom is 0.0217 e. The van der Waals surface area contributed by atoms with E-state index in [1.54, 1.807) is 0 Å². The van der Waals surface area contributed by atoms with Crippen LogP contribution in [0.15, 0.2) is 6.07 Å². The summed E-state index contributed by atoms with van der Waals surface area (Å²) in [4.78, 5) is 5.51. The standard InChI is InChI=1S/C15H26N2S/c1-13-11-15(14(2)18-13)12-16-7-10-17-8-5-3-4-6-9-17/h11,16H,3-10,12H2,1-2H3. The van der Waals surface area contributed by atoms with Crippen molar-refractivity contribution in [2.75, 3.05) is 26.2 Å². The van der Waals surface area contributed by atoms with Crippen molar-refractivity contribution in [2.45, 2.75) is 46.1 Å². The molecule has 0 amide bonds. The van der Waals surface area contributed by atoms with Crippen LogP contribution in [0.3, 0.4) is 0 Å². The molecule has 1 fully saturated rings. The lowest BCUT2D eigenvalue weighted by molar-refractivity contribution is 0.284. The summed E-state index contributed by atoms with van der Waals surface area (Å²) in [5.41, 5.74) is 1.48. The lowest BCUT2D eigenvalue weighted by atomic mass is 10.2. The quantitative estimate of drug-likeness (QED) is 0.822. The zero-order valence-electron chi connectivity index (χ0n) is 11.8. The van der Waals surface area contributed by atoms with Gasteiger partial charge in [0.05, 0.1) is 0 Å². The largest absolute Gasteiger partial charge is 0.311 e. The third kappa shape index (κ3) is 4.38. The Hall–Kier alpha value is -0.380. The van der Waals surface area contributed by atoms with Crippen LogP contribution in [0.1, 0.15) is 41.0 Å². The van der Waals surface area contributed by atoms with Crippen molar-refractivity contribution >= 4 is 11.3 Å². The molecule has 2 nitrogen and oxygen atoms in total. The molecule has 18 heavy (non-hydrogen) atoms. The van der Waals surface area contributed by atoms with Crippen molar-refractivity contribution < 1.29 is 0 Å². The molecule has 0 unspecified atom stereocenters. The number of rotatable bonds is 5. The summed E-state index contributed by atoms with van der Waals surface area (Å²) in [5.74, 6) is 0. The van der Waals surface area contributed by atoms with Crippen LogP contribution in [0, 0.1) is 13.8 Å². The maximum atomic E-state index is 3.59. The van der Waals surface area contributed by atoms with Gasteiger partial charge >= 0.3 is 0 Å². The number of hydrogen-bond acceptors (Lipinski definition) is 3. The van der Waals surface area contributed by atoms with E-state index in [1.165, 1.54) is 60.6 Å². The first-order valence-corrected chi connectivity index (χ1v) is 8.06. The predicted octanol–water partition coefficient (Wildman–Crippen LogP) is 3.33. The fourth-order valence-electron chi connectivity index (χ4n) is 2.68. The van der Waals surface area contributed by atoms with Crippen molar-refractivity contribution in [2.24, 2.45) is 0 Å². The second kappa shape index (κ2) is 7.27. The molecule has 0 spiro atoms. The molecule has 0 atom stereocenters. The van der Waals surface area contributed by atoms with Gasteiger partial charge in [-0.05, 0) is 51.4 Å². The molecular formula is C15H26N2S. The molecule has 0 radical (unpaired) electrons. The first-order valence-electron chi connectivity index (χ1n) is 7.24. The van der Waals surface area contributed by atoms with Gasteiger partial charge in [-0.25, -0.2) is 0 Å². The number of nitrogens with zero attached hydrogens (tertiary/aromatic N) is 1. The Morgan fingerprint density at radius 1 is 1.17 bits per heavy atom. The van der Waals surface area contributed by atoms with Gasteiger partial charge < -0.3 is 10.2 Å². The Kier molecular flexibility index (Phi) is 5.67. The Morgan fingerprint density at radius 3 is 2.50 bits per heavy atom. The second-order valence-electron chi connectivity index (χ2n) is 5.37. The molecular weight excluding hydrogens is 240 g/mol. The lowest BCUT2D eigenvalue weighted by Gasteiger charge is -2.19. The van der Waals surface area contributed by atoms with Crippen LogP contribution in [-0.2, 0) is 6.54 Å². The van der Waals surface area contributed by atoms with Crippen LogP contribution in [0.4, 0.5) is 0 Å². The Balaban J connectivity index is 1.64. The number of likely N-dealkylation sites (tertiary alicyclic amines) is 1. The van der Waals surface area contributed by atoms with E-state index in [4.69, 9.17) is 0 Å². The lowest BCUT2D eigenvalue weighted by Crippen LogP contribution is -2.32. The van der Waals surface area contributed by atoms with E-state index in [9.17, 15) is 0 Å². The molecule has 2 rings (SSSR count). The van der Waals surface area contributed by atoms with Gasteiger partial charge in [0.15, 0.2) is 0 Å². The van der Waals surface area contributed by atoms with Gasteiger partial charge in [-0.2, -0.15) is 0 Å². The van der Waals surface area contributed by atoms with Crippen molar-refractivity contribution in [1.82, 2.24) is 10.2 Å². The summed E-state index contributed by atoms with van der Waals surface area (Å²) >= 11 is 1.91. The van der Waals surface area contributed by atoms with Crippen LogP contribution in [0.5, 0.6) is 0 Å². The average Bonchev–Trinajstić information content (AvgIpc) is 2.57. The van der Waals surface area contributed by atoms with Gasteiger partial charge in [-0.15, -0.1) is 11.3 Å². The molecule has 0 bridgehead atoms. The topological polar surface area (TPSA) is 15.3 Å². The highest BCUT2D eigenvalue weighted by Crippen LogP contribution is 2.20. The van der Waals surface area contributed by atoms with E-state index < -0.39 is 0 Å². The summed E-state index contributed by atoms with van der Waals surface area (Å²) in [5, 5.41) is 3.59. The van der Waals surface area contributed by atoms with Crippen molar-refractivity contribution in [3.05, 3.63) is 21.4 Å². The Morgan fingerprint density at radius 2 is 1.89 bits per heavy atom. The molecule has 0 aromatic carbocycles. The van der Waals surface area contributed by atoms with Gasteiger partial charge in [-0.3, -0.25) is 0 Å². The van der Waals surface area contributed by atoms with Crippen LogP contribution in [-0.4, -0.2) is 31.1 Å². The summed E-state index contributed by atoms with van der Waals surface area (Å²) < 4.78 is 0. The summed E-state index contributed by atoms with van der Waals surface area (Å²) in [6, 6.07) is 2.32. The zero-order valence-corrected chi connectivity index (χ0v) is 12.6. The molecule has 1 saturated heterocycles. The first-order chi connectivity index (χ1) is 8.75. The predicted molar refractivity (Wildman–Crippen MR) is 80.4 cm³/mol. The van der Waals surface area contributed by atoms with E-state index in [0.29, 0.717) is 0 Å². The minimum Gasteiger partial charge on any atom is -0.311 e. The van der Waals surface area contributed by atoms with Crippen molar-refractivity contribution in [3.8, 4) is 0 Å². The minimum atomic E-state index is 1.03. The maximum absolute atomic E-state index is 3.59. The van der Waals surface area contributed by atoms with Gasteiger partial charge in [-0.1, -0.05) is 12.8 Å². The number of hydrogen-bond donors (Lipinski definition) is 1. The van der Waals surface area contributed by atoms with E-state index >= 15 is 0 Å². The van der Waals surface area contributed by atoms with Crippen molar-refractivity contribution in [1.29, 1.82) is 0 Å². The van der Waals surface area contributed by atoms with E-state index in [1.807, 2.05) is 11.3 Å². The van der Waals surface area contributed by atoms with E-state index in [0.717, 1.165) is 13.1 Å². The van der Waals surface area contributed by atoms with Gasteiger partial charge in [0.2, 0.25) is 0 Å². The molecule has 0 saturated carbocycles. The molecule has 1 aliphatic rings. The van der Waals surface area contributed by atoms with Crippen molar-refractivity contribution in [3.63, 3.8) is 0 Å². The molecule has 3 heteroatoms. The van der Waals surface area contributed by atoms with Crippen LogP contribution in [0.2, 0.25) is 0 Å². The average molecular weight is 266 g/mol. The van der Waals surface area contributed by atoms with Gasteiger partial charge in [0.25, 0.3) is 0 Å². The molecule has 1 aromatic heterocycles. The van der Waals surface area contributed by atoms with E-state index in [2.05, 4.69) is 30.1 Å². The summed E-state index contributed by atoms with van der Waals surface area (Å²) in [7, 11) is 0. The molecule has 2 heterocycles. The fraction of sp³-hybridized carbons (Fsp3) is 0.733. The molecule has 1 aliphatic heterocycles. The van der Waals surface area contributed by atoms with Gasteiger partial charge in [0, 0.05) is 29.4 Å². The monoisotopic (exact) mass is 266 g/mol. The number of thiophene rings is 1. The molecule has 102 valence electrons.